The first-order valence-corrected chi connectivity index (χ1v) is 13.1. The van der Waals surface area contributed by atoms with Gasteiger partial charge in [0.1, 0.15) is 11.8 Å². The second-order valence-electron chi connectivity index (χ2n) is 9.52. The molecule has 3 atom stereocenters. The fourth-order valence-corrected chi connectivity index (χ4v) is 4.88. The Morgan fingerprint density at radius 3 is 2.36 bits per heavy atom. The summed E-state index contributed by atoms with van der Waals surface area (Å²) < 4.78 is 5.05. The molecule has 1 fully saturated rings. The van der Waals surface area contributed by atoms with Gasteiger partial charge < -0.3 is 15.0 Å². The Labute approximate surface area is 229 Å². The Hall–Kier alpha value is -4.40. The van der Waals surface area contributed by atoms with Crippen molar-refractivity contribution >= 4 is 29.1 Å². The number of benzene rings is 2. The van der Waals surface area contributed by atoms with Crippen LogP contribution in [-0.4, -0.2) is 60.7 Å². The average Bonchev–Trinajstić information content (AvgIpc) is 3.56. The van der Waals surface area contributed by atoms with Crippen molar-refractivity contribution < 1.29 is 19.1 Å². The van der Waals surface area contributed by atoms with Crippen LogP contribution in [0.15, 0.2) is 65.8 Å². The van der Waals surface area contributed by atoms with E-state index in [9.17, 15) is 14.4 Å². The van der Waals surface area contributed by atoms with E-state index in [1.54, 1.807) is 25.1 Å². The van der Waals surface area contributed by atoms with Gasteiger partial charge >= 0.3 is 6.03 Å². The molecule has 2 aromatic carbocycles. The van der Waals surface area contributed by atoms with E-state index in [1.165, 1.54) is 0 Å². The number of carbonyl (C=O) groups is 3. The number of urea groups is 1. The molecule has 3 unspecified atom stereocenters. The lowest BCUT2D eigenvalue weighted by atomic mass is 9.87. The average molecular weight is 530 g/mol. The van der Waals surface area contributed by atoms with Crippen molar-refractivity contribution in [1.29, 1.82) is 0 Å². The fraction of sp³-hybridized carbons (Fsp3) is 0.333. The van der Waals surface area contributed by atoms with Crippen molar-refractivity contribution in [1.82, 2.24) is 20.5 Å². The molecule has 3 heterocycles. The summed E-state index contributed by atoms with van der Waals surface area (Å²) in [7, 11) is 5.40. The smallest absolute Gasteiger partial charge is 0.322 e. The van der Waals surface area contributed by atoms with E-state index in [-0.39, 0.29) is 11.8 Å². The van der Waals surface area contributed by atoms with Crippen molar-refractivity contribution in [3.63, 3.8) is 0 Å². The van der Waals surface area contributed by atoms with E-state index in [1.807, 2.05) is 62.3 Å². The van der Waals surface area contributed by atoms with Crippen molar-refractivity contribution in [3.05, 3.63) is 82.9 Å². The largest absolute Gasteiger partial charge is 0.497 e. The third-order valence-electron chi connectivity index (χ3n) is 7.17. The van der Waals surface area contributed by atoms with Crippen LogP contribution in [0, 0.1) is 5.92 Å². The zero-order valence-electron chi connectivity index (χ0n) is 23.2. The van der Waals surface area contributed by atoms with Crippen LogP contribution >= 0.6 is 0 Å². The summed E-state index contributed by atoms with van der Waals surface area (Å²) in [5.41, 5.74) is 5.94. The molecule has 9 heteroatoms. The monoisotopic (exact) mass is 529 g/mol. The van der Waals surface area contributed by atoms with Crippen LogP contribution in [0.5, 0.6) is 5.75 Å². The van der Waals surface area contributed by atoms with E-state index in [2.05, 4.69) is 40.9 Å². The molecule has 4 amide bonds. The number of fused-ring (bicyclic) bond motifs is 2. The van der Waals surface area contributed by atoms with E-state index in [0.717, 1.165) is 39.3 Å². The quantitative estimate of drug-likeness (QED) is 0.582. The molecule has 2 aromatic rings. The Morgan fingerprint density at radius 1 is 1.00 bits per heavy atom. The Morgan fingerprint density at radius 2 is 1.72 bits per heavy atom. The van der Waals surface area contributed by atoms with E-state index in [4.69, 9.17) is 4.74 Å². The Balaban J connectivity index is 0.000000199. The normalized spacial score (nSPS) is 22.4. The van der Waals surface area contributed by atoms with Crippen LogP contribution in [0.3, 0.4) is 0 Å². The molecule has 39 heavy (non-hydrogen) atoms. The summed E-state index contributed by atoms with van der Waals surface area (Å²) in [6, 6.07) is 12.6. The van der Waals surface area contributed by atoms with Gasteiger partial charge in [-0.05, 0) is 47.4 Å². The Bertz CT molecular complexity index is 1360. The van der Waals surface area contributed by atoms with Crippen molar-refractivity contribution in [2.24, 2.45) is 11.0 Å². The minimum Gasteiger partial charge on any atom is -0.497 e. The lowest BCUT2D eigenvalue weighted by molar-refractivity contribution is -0.120. The van der Waals surface area contributed by atoms with Crippen LogP contribution in [0.4, 0.5) is 4.79 Å². The van der Waals surface area contributed by atoms with Gasteiger partial charge in [0, 0.05) is 32.1 Å². The van der Waals surface area contributed by atoms with E-state index < -0.39 is 12.1 Å². The summed E-state index contributed by atoms with van der Waals surface area (Å²) >= 11 is 0. The minimum absolute atomic E-state index is 0.0777. The zero-order chi connectivity index (χ0) is 28.3. The molecule has 0 saturated carbocycles. The number of nitrogens with one attached hydrogen (secondary N) is 2. The summed E-state index contributed by atoms with van der Waals surface area (Å²) in [6.45, 7) is 6.87. The topological polar surface area (TPSA) is 103 Å². The number of nitrogens with zero attached hydrogens (tertiary/aromatic N) is 3. The maximum absolute atomic E-state index is 11.7. The van der Waals surface area contributed by atoms with Gasteiger partial charge in [0.25, 0.3) is 11.8 Å². The lowest BCUT2D eigenvalue weighted by Gasteiger charge is -2.20. The first kappa shape index (κ1) is 27.6. The third kappa shape index (κ3) is 5.57. The molecule has 9 nitrogen and oxygen atoms in total. The highest BCUT2D eigenvalue weighted by Gasteiger charge is 2.32. The molecule has 1 aliphatic carbocycles. The number of hydrogen-bond donors (Lipinski definition) is 2. The van der Waals surface area contributed by atoms with Gasteiger partial charge in [-0.15, -0.1) is 0 Å². The summed E-state index contributed by atoms with van der Waals surface area (Å²) in [5.74, 6) is 0.805. The van der Waals surface area contributed by atoms with Crippen LogP contribution in [0.1, 0.15) is 53.9 Å². The summed E-state index contributed by atoms with van der Waals surface area (Å²) in [4.78, 5) is 36.2. The van der Waals surface area contributed by atoms with Gasteiger partial charge in [0.15, 0.2) is 0 Å². The molecule has 2 N–H and O–H groups in total. The van der Waals surface area contributed by atoms with Crippen LogP contribution in [0.25, 0.3) is 5.57 Å². The fourth-order valence-electron chi connectivity index (χ4n) is 4.88. The molecule has 0 aromatic heterocycles. The minimum atomic E-state index is -0.607. The molecular weight excluding hydrogens is 494 g/mol. The number of allylic oxidation sites excluding steroid dienone is 3. The van der Waals surface area contributed by atoms with Gasteiger partial charge in [-0.2, -0.15) is 5.10 Å². The van der Waals surface area contributed by atoms with Crippen LogP contribution in [0.2, 0.25) is 0 Å². The molecule has 4 aliphatic rings. The summed E-state index contributed by atoms with van der Waals surface area (Å²) in [5, 5.41) is 11.4. The number of rotatable bonds is 3. The number of imide groups is 1. The number of methoxy groups -OCH3 is 1. The van der Waals surface area contributed by atoms with Gasteiger partial charge in [0.2, 0.25) is 0 Å². The third-order valence-corrected chi connectivity index (χ3v) is 7.17. The maximum Gasteiger partial charge on any atom is 0.322 e. The second kappa shape index (κ2) is 11.6. The molecule has 0 spiro atoms. The molecule has 3 aliphatic heterocycles. The molecule has 204 valence electrons. The van der Waals surface area contributed by atoms with Crippen molar-refractivity contribution in [2.75, 3.05) is 21.2 Å². The number of amides is 4. The zero-order valence-corrected chi connectivity index (χ0v) is 23.2. The standard InChI is InChI=1S/C18H18N4O2.C10H11NO2.C2H6/c1-10-14-9-13(7-8-15(14)21-22(10)2)11-3-5-12(6-4-11)16-17(23)20-18(24)19-16;1-11-6-7-3-4-8(13-2)5-9(7)10(11)12;1-2/h3-10,14,16H,1-2H3,(H2,19,20,23,24);3-5H,6H2,1-2H3;1-2H3. The number of hydrazone groups is 1. The lowest BCUT2D eigenvalue weighted by Crippen LogP contribution is -2.27. The highest BCUT2D eigenvalue weighted by Crippen LogP contribution is 2.31. The first-order chi connectivity index (χ1) is 18.7. The first-order valence-electron chi connectivity index (χ1n) is 13.1. The second-order valence-corrected chi connectivity index (χ2v) is 9.52. The summed E-state index contributed by atoms with van der Waals surface area (Å²) in [6.07, 6.45) is 6.38. The van der Waals surface area contributed by atoms with Crippen LogP contribution in [-0.2, 0) is 11.3 Å². The molecule has 0 radical (unpaired) electrons. The van der Waals surface area contributed by atoms with Gasteiger partial charge in [-0.3, -0.25) is 19.9 Å². The molecule has 1 saturated heterocycles. The Kier molecular flexibility index (Phi) is 8.18. The number of hydrogen-bond acceptors (Lipinski definition) is 6. The van der Waals surface area contributed by atoms with Gasteiger partial charge in [0.05, 0.1) is 18.9 Å². The number of carbonyl (C=O) groups excluding carboxylic acids is 3. The predicted molar refractivity (Wildman–Crippen MR) is 151 cm³/mol. The SMILES string of the molecule is CC.CC1C2C=C(c3ccc(C4NC(=O)NC4=O)cc3)C=CC2=NN1C.COc1ccc2c(c1)C(=O)N(C)C2. The van der Waals surface area contributed by atoms with Gasteiger partial charge in [-0.25, -0.2) is 4.79 Å². The predicted octanol–water partition coefficient (Wildman–Crippen LogP) is 4.13. The highest BCUT2D eigenvalue weighted by atomic mass is 16.5. The van der Waals surface area contributed by atoms with Gasteiger partial charge in [-0.1, -0.05) is 56.3 Å². The van der Waals surface area contributed by atoms with Crippen LogP contribution < -0.4 is 15.4 Å². The molecule has 0 bridgehead atoms. The number of ether oxygens (including phenoxy) is 1. The molecular formula is C30H35N5O4. The highest BCUT2D eigenvalue weighted by molar-refractivity contribution is 6.05. The van der Waals surface area contributed by atoms with E-state index in [0.29, 0.717) is 18.5 Å². The van der Waals surface area contributed by atoms with Crippen molar-refractivity contribution in [2.45, 2.75) is 39.4 Å². The van der Waals surface area contributed by atoms with Crippen molar-refractivity contribution in [3.8, 4) is 5.75 Å². The maximum atomic E-state index is 11.7. The van der Waals surface area contributed by atoms with E-state index >= 15 is 0 Å². The molecule has 6 rings (SSSR count).